The molecule has 0 aliphatic heterocycles. The van der Waals surface area contributed by atoms with E-state index >= 15 is 0 Å². The number of anilines is 1. The van der Waals surface area contributed by atoms with E-state index < -0.39 is 0 Å². The van der Waals surface area contributed by atoms with Crippen LogP contribution in [0.15, 0.2) is 24.7 Å². The Bertz CT molecular complexity index is 463. The van der Waals surface area contributed by atoms with E-state index in [4.69, 9.17) is 0 Å². The minimum absolute atomic E-state index is 0.703. The van der Waals surface area contributed by atoms with Crippen molar-refractivity contribution in [2.45, 2.75) is 13.3 Å². The average Bonchev–Trinajstić information content (AvgIpc) is 2.74. The van der Waals surface area contributed by atoms with Gasteiger partial charge in [0.2, 0.25) is 0 Å². The van der Waals surface area contributed by atoms with E-state index in [2.05, 4.69) is 27.3 Å². The maximum absolute atomic E-state index is 4.42. The quantitative estimate of drug-likeness (QED) is 0.846. The first-order chi connectivity index (χ1) is 7.79. The molecule has 0 fully saturated rings. The number of aryl methyl sites for hydroxylation is 1. The summed E-state index contributed by atoms with van der Waals surface area (Å²) in [6.45, 7) is 3.04. The molecule has 2 aromatic heterocycles. The van der Waals surface area contributed by atoms with Crippen molar-refractivity contribution in [3.8, 4) is 11.4 Å². The van der Waals surface area contributed by atoms with E-state index in [0.717, 1.165) is 24.3 Å². The van der Waals surface area contributed by atoms with E-state index in [1.54, 1.807) is 17.1 Å². The molecule has 84 valence electrons. The largest absolute Gasteiger partial charge is 0.370 e. The summed E-state index contributed by atoms with van der Waals surface area (Å²) in [6, 6.07) is 1.87. The van der Waals surface area contributed by atoms with Crippen LogP contribution < -0.4 is 5.32 Å². The lowest BCUT2D eigenvalue weighted by atomic mass is 10.3. The molecule has 0 spiro atoms. The molecule has 0 aliphatic carbocycles. The Kier molecular flexibility index (Phi) is 3.14. The first-order valence-corrected chi connectivity index (χ1v) is 5.35. The van der Waals surface area contributed by atoms with Gasteiger partial charge in [-0.3, -0.25) is 4.68 Å². The number of aromatic nitrogens is 4. The van der Waals surface area contributed by atoms with Crippen LogP contribution in [0.2, 0.25) is 0 Å². The van der Waals surface area contributed by atoms with Crippen LogP contribution in [0.3, 0.4) is 0 Å². The Morgan fingerprint density at radius 3 is 3.00 bits per heavy atom. The topological polar surface area (TPSA) is 55.6 Å². The Morgan fingerprint density at radius 1 is 1.44 bits per heavy atom. The predicted molar refractivity (Wildman–Crippen MR) is 63.0 cm³/mol. The van der Waals surface area contributed by atoms with Crippen LogP contribution in [0.25, 0.3) is 11.4 Å². The highest BCUT2D eigenvalue weighted by Crippen LogP contribution is 2.14. The summed E-state index contributed by atoms with van der Waals surface area (Å²) in [5, 5.41) is 7.33. The number of hydrogen-bond acceptors (Lipinski definition) is 4. The molecule has 0 amide bonds. The molecule has 1 N–H and O–H groups in total. The van der Waals surface area contributed by atoms with Crippen molar-refractivity contribution in [2.75, 3.05) is 11.9 Å². The van der Waals surface area contributed by atoms with Crippen molar-refractivity contribution in [2.24, 2.45) is 7.05 Å². The summed E-state index contributed by atoms with van der Waals surface area (Å²) in [6.07, 6.45) is 6.50. The molecule has 2 rings (SSSR count). The fourth-order valence-electron chi connectivity index (χ4n) is 1.39. The Labute approximate surface area is 94.5 Å². The molecule has 0 saturated heterocycles. The van der Waals surface area contributed by atoms with Gasteiger partial charge in [-0.05, 0) is 12.5 Å². The lowest BCUT2D eigenvalue weighted by Crippen LogP contribution is -2.02. The van der Waals surface area contributed by atoms with Gasteiger partial charge in [-0.15, -0.1) is 0 Å². The van der Waals surface area contributed by atoms with Gasteiger partial charge in [0.05, 0.1) is 11.8 Å². The lowest BCUT2D eigenvalue weighted by Gasteiger charge is -2.03. The normalized spacial score (nSPS) is 10.4. The number of hydrogen-bond donors (Lipinski definition) is 1. The molecule has 5 heteroatoms. The lowest BCUT2D eigenvalue weighted by molar-refractivity contribution is 0.768. The minimum atomic E-state index is 0.703. The molecule has 0 bridgehead atoms. The molecule has 5 nitrogen and oxygen atoms in total. The highest BCUT2D eigenvalue weighted by atomic mass is 15.2. The van der Waals surface area contributed by atoms with Gasteiger partial charge in [0, 0.05) is 26.0 Å². The van der Waals surface area contributed by atoms with Crippen molar-refractivity contribution in [1.29, 1.82) is 0 Å². The van der Waals surface area contributed by atoms with Crippen LogP contribution in [-0.4, -0.2) is 26.3 Å². The van der Waals surface area contributed by atoms with Gasteiger partial charge < -0.3 is 5.32 Å². The molecule has 0 unspecified atom stereocenters. The van der Waals surface area contributed by atoms with Gasteiger partial charge in [-0.2, -0.15) is 5.10 Å². The zero-order valence-corrected chi connectivity index (χ0v) is 9.51. The van der Waals surface area contributed by atoms with Crippen LogP contribution in [0, 0.1) is 0 Å². The third-order valence-corrected chi connectivity index (χ3v) is 2.17. The smallest absolute Gasteiger partial charge is 0.164 e. The zero-order valence-electron chi connectivity index (χ0n) is 9.51. The van der Waals surface area contributed by atoms with E-state index in [1.807, 2.05) is 19.3 Å². The summed E-state index contributed by atoms with van der Waals surface area (Å²) in [5.74, 6) is 1.56. The molecule has 0 atom stereocenters. The molecule has 2 heterocycles. The molecular formula is C11H15N5. The van der Waals surface area contributed by atoms with Crippen molar-refractivity contribution in [1.82, 2.24) is 19.7 Å². The third-order valence-electron chi connectivity index (χ3n) is 2.17. The van der Waals surface area contributed by atoms with E-state index in [-0.39, 0.29) is 0 Å². The number of rotatable bonds is 4. The highest BCUT2D eigenvalue weighted by Gasteiger charge is 2.04. The Hall–Kier alpha value is -1.91. The van der Waals surface area contributed by atoms with Crippen molar-refractivity contribution < 1.29 is 0 Å². The zero-order chi connectivity index (χ0) is 11.4. The monoisotopic (exact) mass is 217 g/mol. The van der Waals surface area contributed by atoms with Crippen molar-refractivity contribution >= 4 is 5.82 Å². The summed E-state index contributed by atoms with van der Waals surface area (Å²) >= 11 is 0. The summed E-state index contributed by atoms with van der Waals surface area (Å²) in [5.41, 5.74) is 0.933. The van der Waals surface area contributed by atoms with Gasteiger partial charge >= 0.3 is 0 Å². The molecule has 16 heavy (non-hydrogen) atoms. The fourth-order valence-corrected chi connectivity index (χ4v) is 1.39. The first kappa shape index (κ1) is 10.6. The third kappa shape index (κ3) is 2.36. The van der Waals surface area contributed by atoms with E-state index in [0.29, 0.717) is 5.82 Å². The van der Waals surface area contributed by atoms with Crippen LogP contribution in [0.4, 0.5) is 5.82 Å². The van der Waals surface area contributed by atoms with Crippen LogP contribution >= 0.6 is 0 Å². The van der Waals surface area contributed by atoms with Crippen LogP contribution in [-0.2, 0) is 7.05 Å². The summed E-state index contributed by atoms with van der Waals surface area (Å²) in [7, 11) is 1.88. The fraction of sp³-hybridized carbons (Fsp3) is 0.364. The molecule has 0 radical (unpaired) electrons. The molecule has 0 saturated carbocycles. The van der Waals surface area contributed by atoms with Crippen LogP contribution in [0.1, 0.15) is 13.3 Å². The standard InChI is InChI=1S/C11H15N5/c1-3-5-12-10-4-6-13-11(15-10)9-7-14-16(2)8-9/h4,6-8H,3,5H2,1-2H3,(H,12,13,15). The second-order valence-corrected chi connectivity index (χ2v) is 3.59. The summed E-state index contributed by atoms with van der Waals surface area (Å²) < 4.78 is 1.74. The van der Waals surface area contributed by atoms with Gasteiger partial charge in [0.25, 0.3) is 0 Å². The van der Waals surface area contributed by atoms with Crippen molar-refractivity contribution in [3.63, 3.8) is 0 Å². The SMILES string of the molecule is CCCNc1ccnc(-c2cnn(C)c2)n1. The van der Waals surface area contributed by atoms with Gasteiger partial charge in [0.15, 0.2) is 5.82 Å². The number of nitrogens with zero attached hydrogens (tertiary/aromatic N) is 4. The molecular weight excluding hydrogens is 202 g/mol. The van der Waals surface area contributed by atoms with E-state index in [1.165, 1.54) is 0 Å². The average molecular weight is 217 g/mol. The second-order valence-electron chi connectivity index (χ2n) is 3.59. The predicted octanol–water partition coefficient (Wildman–Crippen LogP) is 1.70. The van der Waals surface area contributed by atoms with Gasteiger partial charge in [-0.25, -0.2) is 9.97 Å². The Balaban J connectivity index is 2.22. The molecule has 2 aromatic rings. The van der Waals surface area contributed by atoms with Gasteiger partial charge in [-0.1, -0.05) is 6.92 Å². The van der Waals surface area contributed by atoms with E-state index in [9.17, 15) is 0 Å². The van der Waals surface area contributed by atoms with Crippen LogP contribution in [0.5, 0.6) is 0 Å². The maximum Gasteiger partial charge on any atom is 0.164 e. The molecule has 0 aliphatic rings. The molecule has 0 aromatic carbocycles. The minimum Gasteiger partial charge on any atom is -0.370 e. The second kappa shape index (κ2) is 4.74. The number of nitrogens with one attached hydrogen (secondary N) is 1. The van der Waals surface area contributed by atoms with Crippen molar-refractivity contribution in [3.05, 3.63) is 24.7 Å². The van der Waals surface area contributed by atoms with Gasteiger partial charge in [0.1, 0.15) is 5.82 Å². The highest BCUT2D eigenvalue weighted by molar-refractivity contribution is 5.54. The maximum atomic E-state index is 4.42. The first-order valence-electron chi connectivity index (χ1n) is 5.35. The Morgan fingerprint density at radius 2 is 2.31 bits per heavy atom. The summed E-state index contributed by atoms with van der Waals surface area (Å²) in [4.78, 5) is 8.64.